The van der Waals surface area contributed by atoms with Crippen LogP contribution in [0.4, 0.5) is 0 Å². The Morgan fingerprint density at radius 2 is 1.58 bits per heavy atom. The summed E-state index contributed by atoms with van der Waals surface area (Å²) in [5.74, 6) is 0.674. The van der Waals surface area contributed by atoms with E-state index in [-0.39, 0.29) is 0 Å². The van der Waals surface area contributed by atoms with Crippen LogP contribution in [-0.2, 0) is 0 Å². The third-order valence-electron chi connectivity index (χ3n) is 3.43. The second-order valence-corrected chi connectivity index (χ2v) is 4.63. The Morgan fingerprint density at radius 1 is 0.842 bits per heavy atom. The van der Waals surface area contributed by atoms with Crippen molar-refractivity contribution in [2.45, 2.75) is 13.8 Å². The molecule has 2 aromatic carbocycles. The van der Waals surface area contributed by atoms with Crippen LogP contribution in [0.3, 0.4) is 0 Å². The minimum atomic E-state index is 0.674. The van der Waals surface area contributed by atoms with E-state index in [1.165, 1.54) is 22.3 Å². The van der Waals surface area contributed by atoms with Crippen LogP contribution in [-0.4, -0.2) is 4.98 Å². The van der Waals surface area contributed by atoms with Crippen molar-refractivity contribution in [2.24, 2.45) is 0 Å². The maximum atomic E-state index is 5.41. The van der Waals surface area contributed by atoms with Crippen LogP contribution >= 0.6 is 0 Å². The molecule has 1 heterocycles. The Labute approximate surface area is 112 Å². The van der Waals surface area contributed by atoms with Crippen LogP contribution in [0.5, 0.6) is 0 Å². The van der Waals surface area contributed by atoms with Gasteiger partial charge in [0.1, 0.15) is 6.26 Å². The first-order valence-corrected chi connectivity index (χ1v) is 6.33. The van der Waals surface area contributed by atoms with Crippen molar-refractivity contribution in [1.29, 1.82) is 0 Å². The first kappa shape index (κ1) is 11.7. The van der Waals surface area contributed by atoms with Gasteiger partial charge in [-0.1, -0.05) is 36.4 Å². The standard InChI is InChI=1S/C17H15NO/c1-12-6-3-4-7-14(12)15-8-5-9-16(13(15)2)17-18-10-11-19-17/h3-11H,1-2H3. The minimum absolute atomic E-state index is 0.674. The van der Waals surface area contributed by atoms with Gasteiger partial charge in [0.05, 0.1) is 6.20 Å². The van der Waals surface area contributed by atoms with Crippen molar-refractivity contribution >= 4 is 0 Å². The molecule has 0 saturated carbocycles. The summed E-state index contributed by atoms with van der Waals surface area (Å²) in [5, 5.41) is 0. The van der Waals surface area contributed by atoms with Gasteiger partial charge in [-0.2, -0.15) is 0 Å². The third kappa shape index (κ3) is 2.06. The van der Waals surface area contributed by atoms with Crippen molar-refractivity contribution in [1.82, 2.24) is 4.98 Å². The van der Waals surface area contributed by atoms with E-state index in [0.29, 0.717) is 5.89 Å². The van der Waals surface area contributed by atoms with E-state index in [4.69, 9.17) is 4.42 Å². The molecule has 0 bridgehead atoms. The van der Waals surface area contributed by atoms with Gasteiger partial charge in [0.2, 0.25) is 5.89 Å². The first-order valence-electron chi connectivity index (χ1n) is 6.33. The SMILES string of the molecule is Cc1ccccc1-c1cccc(-c2ncco2)c1C. The number of aryl methyl sites for hydroxylation is 1. The molecule has 0 atom stereocenters. The Balaban J connectivity index is 2.19. The molecule has 0 N–H and O–H groups in total. The first-order chi connectivity index (χ1) is 9.27. The van der Waals surface area contributed by atoms with Crippen molar-refractivity contribution < 1.29 is 4.42 Å². The number of hydrogen-bond acceptors (Lipinski definition) is 2. The molecular weight excluding hydrogens is 234 g/mol. The summed E-state index contributed by atoms with van der Waals surface area (Å²) in [6, 6.07) is 14.6. The van der Waals surface area contributed by atoms with Crippen LogP contribution < -0.4 is 0 Å². The Hall–Kier alpha value is -2.35. The van der Waals surface area contributed by atoms with Gasteiger partial charge in [-0.05, 0) is 42.2 Å². The maximum Gasteiger partial charge on any atom is 0.226 e. The molecular formula is C17H15NO. The van der Waals surface area contributed by atoms with Gasteiger partial charge in [0.25, 0.3) is 0 Å². The lowest BCUT2D eigenvalue weighted by molar-refractivity contribution is 0.574. The number of hydrogen-bond donors (Lipinski definition) is 0. The molecule has 2 nitrogen and oxygen atoms in total. The molecule has 94 valence electrons. The fourth-order valence-corrected chi connectivity index (χ4v) is 2.39. The van der Waals surface area contributed by atoms with E-state index in [9.17, 15) is 0 Å². The van der Waals surface area contributed by atoms with E-state index in [0.717, 1.165) is 5.56 Å². The monoisotopic (exact) mass is 249 g/mol. The van der Waals surface area contributed by atoms with Crippen molar-refractivity contribution in [2.75, 3.05) is 0 Å². The van der Waals surface area contributed by atoms with Gasteiger partial charge < -0.3 is 4.42 Å². The molecule has 0 spiro atoms. The van der Waals surface area contributed by atoms with Crippen molar-refractivity contribution in [3.8, 4) is 22.6 Å². The van der Waals surface area contributed by atoms with Crippen LogP contribution in [0, 0.1) is 13.8 Å². The van der Waals surface area contributed by atoms with Crippen LogP contribution in [0.15, 0.2) is 59.3 Å². The van der Waals surface area contributed by atoms with Crippen LogP contribution in [0.1, 0.15) is 11.1 Å². The number of rotatable bonds is 2. The van der Waals surface area contributed by atoms with E-state index in [2.05, 4.69) is 49.2 Å². The highest BCUT2D eigenvalue weighted by atomic mass is 16.3. The Bertz CT molecular complexity index is 699. The Kier molecular flexibility index (Phi) is 2.92. The molecule has 19 heavy (non-hydrogen) atoms. The summed E-state index contributed by atoms with van der Waals surface area (Å²) in [5.41, 5.74) is 6.00. The summed E-state index contributed by atoms with van der Waals surface area (Å²) < 4.78 is 5.41. The number of benzene rings is 2. The maximum absolute atomic E-state index is 5.41. The van der Waals surface area contributed by atoms with Crippen LogP contribution in [0.2, 0.25) is 0 Å². The van der Waals surface area contributed by atoms with E-state index in [1.807, 2.05) is 12.1 Å². The average Bonchev–Trinajstić information content (AvgIpc) is 2.94. The summed E-state index contributed by atoms with van der Waals surface area (Å²) >= 11 is 0. The second-order valence-electron chi connectivity index (χ2n) is 4.63. The molecule has 0 unspecified atom stereocenters. The molecule has 0 amide bonds. The summed E-state index contributed by atoms with van der Waals surface area (Å²) in [6.07, 6.45) is 3.28. The number of oxazole rings is 1. The summed E-state index contributed by atoms with van der Waals surface area (Å²) in [4.78, 5) is 4.24. The van der Waals surface area contributed by atoms with E-state index >= 15 is 0 Å². The fourth-order valence-electron chi connectivity index (χ4n) is 2.39. The molecule has 0 aliphatic rings. The van der Waals surface area contributed by atoms with E-state index in [1.54, 1.807) is 12.5 Å². The predicted octanol–water partition coefficient (Wildman–Crippen LogP) is 4.63. The van der Waals surface area contributed by atoms with Gasteiger partial charge in [0.15, 0.2) is 0 Å². The predicted molar refractivity (Wildman–Crippen MR) is 76.8 cm³/mol. The smallest absolute Gasteiger partial charge is 0.226 e. The zero-order valence-electron chi connectivity index (χ0n) is 11.1. The molecule has 0 aliphatic heterocycles. The molecule has 3 aromatic rings. The zero-order valence-corrected chi connectivity index (χ0v) is 11.1. The highest BCUT2D eigenvalue weighted by Gasteiger charge is 2.11. The molecule has 3 rings (SSSR count). The van der Waals surface area contributed by atoms with Crippen molar-refractivity contribution in [3.63, 3.8) is 0 Å². The summed E-state index contributed by atoms with van der Waals surface area (Å²) in [7, 11) is 0. The van der Waals surface area contributed by atoms with Gasteiger partial charge in [-0.25, -0.2) is 4.98 Å². The third-order valence-corrected chi connectivity index (χ3v) is 3.43. The molecule has 0 fully saturated rings. The lowest BCUT2D eigenvalue weighted by atomic mass is 9.94. The normalized spacial score (nSPS) is 10.6. The highest BCUT2D eigenvalue weighted by molar-refractivity contribution is 5.76. The molecule has 0 radical (unpaired) electrons. The average molecular weight is 249 g/mol. The molecule has 0 aliphatic carbocycles. The second kappa shape index (κ2) is 4.73. The van der Waals surface area contributed by atoms with Crippen LogP contribution in [0.25, 0.3) is 22.6 Å². The Morgan fingerprint density at radius 3 is 2.32 bits per heavy atom. The summed E-state index contributed by atoms with van der Waals surface area (Å²) in [6.45, 7) is 4.24. The highest BCUT2D eigenvalue weighted by Crippen LogP contribution is 2.32. The van der Waals surface area contributed by atoms with Crippen molar-refractivity contribution in [3.05, 3.63) is 66.1 Å². The van der Waals surface area contributed by atoms with E-state index < -0.39 is 0 Å². The lowest BCUT2D eigenvalue weighted by Gasteiger charge is -2.11. The molecule has 1 aromatic heterocycles. The zero-order chi connectivity index (χ0) is 13.2. The largest absolute Gasteiger partial charge is 0.445 e. The fraction of sp³-hybridized carbons (Fsp3) is 0.118. The van der Waals surface area contributed by atoms with Gasteiger partial charge in [-0.3, -0.25) is 0 Å². The van der Waals surface area contributed by atoms with Gasteiger partial charge in [-0.15, -0.1) is 0 Å². The topological polar surface area (TPSA) is 26.0 Å². The molecule has 0 saturated heterocycles. The lowest BCUT2D eigenvalue weighted by Crippen LogP contribution is -1.90. The number of aromatic nitrogens is 1. The van der Waals surface area contributed by atoms with Gasteiger partial charge >= 0.3 is 0 Å². The molecule has 2 heteroatoms. The van der Waals surface area contributed by atoms with Gasteiger partial charge in [0, 0.05) is 5.56 Å². The minimum Gasteiger partial charge on any atom is -0.445 e. The quantitative estimate of drug-likeness (QED) is 0.662. The number of nitrogens with zero attached hydrogens (tertiary/aromatic N) is 1.